The van der Waals surface area contributed by atoms with E-state index in [0.717, 1.165) is 17.3 Å². The summed E-state index contributed by atoms with van der Waals surface area (Å²) in [5, 5.41) is 9.42. The molecular weight excluding hydrogens is 532 g/mol. The van der Waals surface area contributed by atoms with Gasteiger partial charge < -0.3 is 33.5 Å². The molecule has 0 aliphatic carbocycles. The minimum Gasteiger partial charge on any atom is -0.458 e. The van der Waals surface area contributed by atoms with Gasteiger partial charge in [0, 0.05) is 25.9 Å². The molecule has 1 aromatic carbocycles. The summed E-state index contributed by atoms with van der Waals surface area (Å²) in [4.78, 5) is 12.7. The van der Waals surface area contributed by atoms with Gasteiger partial charge in [-0.3, -0.25) is 0 Å². The zero-order valence-electron chi connectivity index (χ0n) is 20.1. The van der Waals surface area contributed by atoms with E-state index in [2.05, 4.69) is 22.5 Å². The molecule has 0 saturated carbocycles. The molecule has 36 heavy (non-hydrogen) atoms. The molecule has 0 amide bonds. The molecule has 6 fully saturated rings. The number of fused-ring (bicyclic) bond motifs is 1. The minimum atomic E-state index is -0.847. The van der Waals surface area contributed by atoms with Crippen molar-refractivity contribution in [2.24, 2.45) is 0 Å². The van der Waals surface area contributed by atoms with Crippen LogP contribution in [0.4, 0.5) is 0 Å². The molecule has 6 heterocycles. The lowest BCUT2D eigenvalue weighted by Crippen LogP contribution is -2.61. The van der Waals surface area contributed by atoms with Crippen LogP contribution in [0.5, 0.6) is 0 Å². The molecular formula is C27H33BrO8. The number of rotatable bonds is 9. The van der Waals surface area contributed by atoms with Crippen LogP contribution in [0, 0.1) is 0 Å². The van der Waals surface area contributed by atoms with Crippen LogP contribution >= 0.6 is 15.9 Å². The lowest BCUT2D eigenvalue weighted by Gasteiger charge is -2.47. The first-order valence-electron chi connectivity index (χ1n) is 13.0. The van der Waals surface area contributed by atoms with Gasteiger partial charge in [0.15, 0.2) is 5.79 Å². The van der Waals surface area contributed by atoms with Crippen molar-refractivity contribution in [3.63, 3.8) is 0 Å². The fourth-order valence-corrected chi connectivity index (χ4v) is 6.82. The van der Waals surface area contributed by atoms with Gasteiger partial charge in [-0.1, -0.05) is 40.7 Å². The van der Waals surface area contributed by atoms with Crippen LogP contribution < -0.4 is 0 Å². The Morgan fingerprint density at radius 2 is 1.81 bits per heavy atom. The third kappa shape index (κ3) is 4.68. The molecule has 1 N–H and O–H groups in total. The Labute approximate surface area is 219 Å². The van der Waals surface area contributed by atoms with Crippen LogP contribution in [0.3, 0.4) is 0 Å². The maximum Gasteiger partial charge on any atom is 0.338 e. The van der Waals surface area contributed by atoms with Crippen molar-refractivity contribution >= 4 is 21.9 Å². The summed E-state index contributed by atoms with van der Waals surface area (Å²) in [6.07, 6.45) is 2.84. The third-order valence-electron chi connectivity index (χ3n) is 8.06. The van der Waals surface area contributed by atoms with Crippen molar-refractivity contribution in [2.45, 2.75) is 106 Å². The van der Waals surface area contributed by atoms with Gasteiger partial charge in [0.1, 0.15) is 36.6 Å². The molecule has 6 aliphatic rings. The number of aliphatic hydroxyl groups excluding tert-OH is 1. The molecule has 8 nitrogen and oxygen atoms in total. The summed E-state index contributed by atoms with van der Waals surface area (Å²) in [5.74, 6) is -1.21. The first-order valence-corrected chi connectivity index (χ1v) is 13.8. The van der Waals surface area contributed by atoms with Crippen molar-refractivity contribution < 1.29 is 38.3 Å². The highest BCUT2D eigenvalue weighted by Gasteiger charge is 2.68. The topological polar surface area (TPSA) is 92.7 Å². The van der Waals surface area contributed by atoms with Gasteiger partial charge in [-0.15, -0.1) is 0 Å². The van der Waals surface area contributed by atoms with Gasteiger partial charge in [-0.2, -0.15) is 0 Å². The van der Waals surface area contributed by atoms with E-state index in [9.17, 15) is 9.90 Å². The number of esters is 1. The Balaban J connectivity index is 1.18. The van der Waals surface area contributed by atoms with Crippen LogP contribution in [-0.4, -0.2) is 78.4 Å². The van der Waals surface area contributed by atoms with Crippen molar-refractivity contribution in [1.82, 2.24) is 0 Å². The number of carbonyl (C=O) groups excluding carboxylic acids is 1. The zero-order chi connectivity index (χ0) is 24.9. The van der Waals surface area contributed by atoms with Crippen molar-refractivity contribution in [3.05, 3.63) is 47.0 Å². The van der Waals surface area contributed by atoms with Gasteiger partial charge in [0.25, 0.3) is 0 Å². The molecule has 1 aromatic rings. The summed E-state index contributed by atoms with van der Waals surface area (Å²) >= 11 is 3.43. The minimum absolute atomic E-state index is 0.0148. The van der Waals surface area contributed by atoms with E-state index >= 15 is 0 Å². The number of ether oxygens (including phenoxy) is 6. The number of aliphatic hydroxyl groups is 1. The average Bonchev–Trinajstić information content (AvgIpc) is 3.28. The van der Waals surface area contributed by atoms with E-state index in [4.69, 9.17) is 28.4 Å². The average molecular weight is 565 g/mol. The highest BCUT2D eigenvalue weighted by molar-refractivity contribution is 9.11. The molecule has 6 bridgehead atoms. The fourth-order valence-electron chi connectivity index (χ4n) is 6.46. The molecule has 0 aromatic heterocycles. The Morgan fingerprint density at radius 3 is 2.58 bits per heavy atom. The predicted octanol–water partition coefficient (Wildman–Crippen LogP) is 3.64. The van der Waals surface area contributed by atoms with Crippen LogP contribution in [-0.2, 0) is 28.4 Å². The molecule has 7 rings (SSSR count). The Hall–Kier alpha value is -1.33. The zero-order valence-corrected chi connectivity index (χ0v) is 21.7. The summed E-state index contributed by atoms with van der Waals surface area (Å²) in [5.41, 5.74) is 0.516. The van der Waals surface area contributed by atoms with E-state index in [1.54, 1.807) is 12.1 Å². The molecule has 0 spiro atoms. The summed E-state index contributed by atoms with van der Waals surface area (Å²) in [6, 6.07) is 8.99. The van der Waals surface area contributed by atoms with Crippen molar-refractivity contribution in [2.75, 3.05) is 6.61 Å². The standard InChI is InChI=1S/C27H33BrO8/c1-15(28)13-18(32-26(30)16-5-3-2-4-6-16)9-11-27-14-20-22(35-27)23-24(34-20)25(36-27)21-19(33-23)8-7-17(31-21)10-12-29/h2-6,17-25,29H,1,7-14H2/t17-,18+,19?,20?,21+,22+,23+,24-,25?,27+/m1/s1. The maximum atomic E-state index is 12.7. The highest BCUT2D eigenvalue weighted by Crippen LogP contribution is 2.54. The van der Waals surface area contributed by atoms with Gasteiger partial charge in [0.05, 0.1) is 23.9 Å². The second-order valence-corrected chi connectivity index (χ2v) is 11.6. The maximum absolute atomic E-state index is 12.7. The monoisotopic (exact) mass is 564 g/mol. The van der Waals surface area contributed by atoms with Crippen LogP contribution in [0.2, 0.25) is 0 Å². The van der Waals surface area contributed by atoms with Gasteiger partial charge in [-0.05, 0) is 42.3 Å². The summed E-state index contributed by atoms with van der Waals surface area (Å²) < 4.78 is 39.2. The summed E-state index contributed by atoms with van der Waals surface area (Å²) in [7, 11) is 0. The molecule has 9 heteroatoms. The number of carbonyl (C=O) groups is 1. The van der Waals surface area contributed by atoms with Crippen molar-refractivity contribution in [1.29, 1.82) is 0 Å². The largest absolute Gasteiger partial charge is 0.458 e. The van der Waals surface area contributed by atoms with Crippen LogP contribution in [0.1, 0.15) is 55.3 Å². The normalized spacial score (nSPS) is 40.9. The number of halogens is 1. The smallest absolute Gasteiger partial charge is 0.338 e. The van der Waals surface area contributed by atoms with E-state index < -0.39 is 5.79 Å². The summed E-state index contributed by atoms with van der Waals surface area (Å²) in [6.45, 7) is 4.05. The van der Waals surface area contributed by atoms with E-state index in [0.29, 0.717) is 37.7 Å². The van der Waals surface area contributed by atoms with Gasteiger partial charge >= 0.3 is 5.97 Å². The Morgan fingerprint density at radius 1 is 1.06 bits per heavy atom. The molecule has 3 unspecified atom stereocenters. The SMILES string of the molecule is C=C(Br)C[C@H](CC[C@@]12CC3O[C@H]4C(O1)[C@H]1O[C@@H](CCO)CCC1O[C@H]4[C@H]3O2)OC(=O)c1ccccc1. The fraction of sp³-hybridized carbons (Fsp3) is 0.667. The molecule has 196 valence electrons. The van der Waals surface area contributed by atoms with Crippen LogP contribution in [0.15, 0.2) is 41.4 Å². The Kier molecular flexibility index (Phi) is 7.00. The lowest BCUT2D eigenvalue weighted by molar-refractivity contribution is -0.293. The van der Waals surface area contributed by atoms with E-state index in [1.165, 1.54) is 0 Å². The number of hydrogen-bond donors (Lipinski definition) is 1. The van der Waals surface area contributed by atoms with Crippen LogP contribution in [0.25, 0.3) is 0 Å². The second-order valence-electron chi connectivity index (χ2n) is 10.5. The quantitative estimate of drug-likeness (QED) is 0.454. The third-order valence-corrected chi connectivity index (χ3v) is 8.38. The number of benzene rings is 1. The molecule has 6 saturated heterocycles. The van der Waals surface area contributed by atoms with Crippen molar-refractivity contribution in [3.8, 4) is 0 Å². The highest BCUT2D eigenvalue weighted by atomic mass is 79.9. The first-order chi connectivity index (χ1) is 17.4. The van der Waals surface area contributed by atoms with E-state index in [-0.39, 0.29) is 67.5 Å². The molecule has 0 radical (unpaired) electrons. The first kappa shape index (κ1) is 25.0. The van der Waals surface area contributed by atoms with Gasteiger partial charge in [-0.25, -0.2) is 4.79 Å². The molecule has 10 atom stereocenters. The number of hydrogen-bond acceptors (Lipinski definition) is 8. The Bertz CT molecular complexity index is 974. The predicted molar refractivity (Wildman–Crippen MR) is 132 cm³/mol. The van der Waals surface area contributed by atoms with Gasteiger partial charge in [0.2, 0.25) is 0 Å². The lowest BCUT2D eigenvalue weighted by atomic mass is 9.87. The molecule has 6 aliphatic heterocycles. The second kappa shape index (κ2) is 10.1. The van der Waals surface area contributed by atoms with E-state index in [1.807, 2.05) is 18.2 Å².